The maximum Gasteiger partial charge on any atom is 0.0546 e. The van der Waals surface area contributed by atoms with Gasteiger partial charge in [-0.25, -0.2) is 0 Å². The Morgan fingerprint density at radius 2 is 1.10 bits per heavy atom. The second-order valence-corrected chi connectivity index (χ2v) is 11.0. The maximum atomic E-state index is 3.75. The number of nitrogens with zero attached hydrogens (tertiary/aromatic N) is 1. The van der Waals surface area contributed by atoms with Gasteiger partial charge < -0.3 is 9.88 Å². The number of H-pyrrole nitrogens is 1. The highest BCUT2D eigenvalue weighted by Gasteiger charge is 2.18. The lowest BCUT2D eigenvalue weighted by Gasteiger charge is -2.26. The normalized spacial score (nSPS) is 11.6. The van der Waals surface area contributed by atoms with Crippen molar-refractivity contribution >= 4 is 70.4 Å². The molecular weight excluding hydrogens is 492 g/mol. The summed E-state index contributed by atoms with van der Waals surface area (Å²) in [5, 5.41) is 5.11. The van der Waals surface area contributed by atoms with Crippen LogP contribution in [-0.2, 0) is 0 Å². The number of para-hydroxylation sites is 3. The van der Waals surface area contributed by atoms with E-state index in [1.165, 1.54) is 47.6 Å². The Morgan fingerprint density at radius 1 is 0.462 bits per heavy atom. The van der Waals surface area contributed by atoms with Crippen LogP contribution in [0.5, 0.6) is 0 Å². The number of benzene rings is 6. The molecule has 0 bridgehead atoms. The molecule has 3 heteroatoms. The predicted octanol–water partition coefficient (Wildman–Crippen LogP) is 10.8. The van der Waals surface area contributed by atoms with E-state index in [1.807, 2.05) is 11.3 Å². The molecule has 0 amide bonds. The zero-order valence-electron chi connectivity index (χ0n) is 21.1. The molecule has 1 N–H and O–H groups in total. The molecule has 2 nitrogen and oxygen atoms in total. The van der Waals surface area contributed by atoms with E-state index in [2.05, 4.69) is 149 Å². The first-order valence-electron chi connectivity index (χ1n) is 13.2. The number of aromatic nitrogens is 1. The third-order valence-corrected chi connectivity index (χ3v) is 8.71. The number of hydrogen-bond donors (Lipinski definition) is 1. The van der Waals surface area contributed by atoms with E-state index in [0.29, 0.717) is 0 Å². The van der Waals surface area contributed by atoms with Crippen LogP contribution in [0.2, 0.25) is 0 Å². The lowest BCUT2D eigenvalue weighted by molar-refractivity contribution is 1.29. The fourth-order valence-corrected chi connectivity index (χ4v) is 6.93. The Morgan fingerprint density at radius 3 is 1.87 bits per heavy atom. The number of nitrogens with one attached hydrogen (secondary N) is 1. The first-order valence-corrected chi connectivity index (χ1v) is 14.0. The van der Waals surface area contributed by atoms with Crippen molar-refractivity contribution in [1.82, 2.24) is 4.98 Å². The Hall–Kier alpha value is -4.86. The lowest BCUT2D eigenvalue weighted by Crippen LogP contribution is -2.09. The summed E-state index contributed by atoms with van der Waals surface area (Å²) >= 11 is 1.86. The molecule has 8 rings (SSSR count). The minimum absolute atomic E-state index is 1.13. The van der Waals surface area contributed by atoms with E-state index < -0.39 is 0 Å². The van der Waals surface area contributed by atoms with Crippen LogP contribution in [0.1, 0.15) is 0 Å². The molecule has 39 heavy (non-hydrogen) atoms. The Bertz CT molecular complexity index is 2080. The molecule has 0 atom stereocenters. The third-order valence-electron chi connectivity index (χ3n) is 7.58. The molecule has 0 aliphatic carbocycles. The van der Waals surface area contributed by atoms with Gasteiger partial charge in [-0.3, -0.25) is 0 Å². The van der Waals surface area contributed by atoms with Crippen molar-refractivity contribution < 1.29 is 0 Å². The van der Waals surface area contributed by atoms with Gasteiger partial charge in [-0.2, -0.15) is 0 Å². The van der Waals surface area contributed by atoms with Gasteiger partial charge in [-0.1, -0.05) is 84.9 Å². The average molecular weight is 517 g/mol. The minimum atomic E-state index is 1.13. The smallest absolute Gasteiger partial charge is 0.0546 e. The molecule has 0 aliphatic rings. The van der Waals surface area contributed by atoms with Crippen molar-refractivity contribution in [3.63, 3.8) is 0 Å². The Labute approximate surface area is 230 Å². The number of aromatic amines is 1. The highest BCUT2D eigenvalue weighted by Crippen LogP contribution is 2.43. The molecule has 0 saturated heterocycles. The van der Waals surface area contributed by atoms with Gasteiger partial charge in [0.1, 0.15) is 0 Å². The van der Waals surface area contributed by atoms with Crippen molar-refractivity contribution in [3.05, 3.63) is 140 Å². The van der Waals surface area contributed by atoms with Gasteiger partial charge in [0.15, 0.2) is 0 Å². The van der Waals surface area contributed by atoms with E-state index in [0.717, 1.165) is 22.6 Å². The van der Waals surface area contributed by atoms with Crippen molar-refractivity contribution in [3.8, 4) is 11.1 Å². The van der Waals surface area contributed by atoms with Crippen LogP contribution in [0.15, 0.2) is 140 Å². The zero-order chi connectivity index (χ0) is 25.8. The monoisotopic (exact) mass is 516 g/mol. The second-order valence-electron chi connectivity index (χ2n) is 9.90. The van der Waals surface area contributed by atoms with Gasteiger partial charge in [0.2, 0.25) is 0 Å². The first kappa shape index (κ1) is 22.2. The molecule has 0 spiro atoms. The quantitative estimate of drug-likeness (QED) is 0.246. The maximum absolute atomic E-state index is 3.75. The van der Waals surface area contributed by atoms with Crippen molar-refractivity contribution in [2.45, 2.75) is 0 Å². The molecule has 0 aliphatic heterocycles. The van der Waals surface area contributed by atoms with E-state index in [1.54, 1.807) is 0 Å². The summed E-state index contributed by atoms with van der Waals surface area (Å²) in [4.78, 5) is 6.10. The predicted molar refractivity (Wildman–Crippen MR) is 169 cm³/mol. The van der Waals surface area contributed by atoms with E-state index in [9.17, 15) is 0 Å². The van der Waals surface area contributed by atoms with Crippen LogP contribution in [0, 0.1) is 0 Å². The van der Waals surface area contributed by atoms with Crippen LogP contribution in [0.25, 0.3) is 53.1 Å². The van der Waals surface area contributed by atoms with E-state index >= 15 is 0 Å². The van der Waals surface area contributed by atoms with Gasteiger partial charge in [-0.05, 0) is 60.2 Å². The summed E-state index contributed by atoms with van der Waals surface area (Å²) in [6.07, 6.45) is 0. The minimum Gasteiger partial charge on any atom is -0.354 e. The molecule has 0 radical (unpaired) electrons. The summed E-state index contributed by atoms with van der Waals surface area (Å²) < 4.78 is 2.64. The summed E-state index contributed by atoms with van der Waals surface area (Å²) in [6.45, 7) is 0. The number of fused-ring (bicyclic) bond motifs is 6. The Kier molecular flexibility index (Phi) is 5.04. The Balaban J connectivity index is 1.43. The van der Waals surface area contributed by atoms with Gasteiger partial charge >= 0.3 is 0 Å². The number of rotatable bonds is 4. The number of anilines is 3. The number of hydrogen-bond acceptors (Lipinski definition) is 2. The van der Waals surface area contributed by atoms with Gasteiger partial charge in [-0.15, -0.1) is 11.3 Å². The SMILES string of the molecule is c1ccc(N(c2ccccc2)c2cc(-c3ccc4c(c3)sc3ccccc34)c3[nH]c4ccccc4c3c2)cc1. The van der Waals surface area contributed by atoms with Crippen LogP contribution >= 0.6 is 11.3 Å². The molecule has 0 saturated carbocycles. The molecule has 2 aromatic heterocycles. The molecule has 2 heterocycles. The topological polar surface area (TPSA) is 19.0 Å². The highest BCUT2D eigenvalue weighted by molar-refractivity contribution is 7.25. The number of thiophene rings is 1. The molecule has 184 valence electrons. The fourth-order valence-electron chi connectivity index (χ4n) is 5.79. The highest BCUT2D eigenvalue weighted by atomic mass is 32.1. The van der Waals surface area contributed by atoms with Gasteiger partial charge in [0.05, 0.1) is 5.52 Å². The molecule has 0 fully saturated rings. The van der Waals surface area contributed by atoms with Gasteiger partial charge in [0.25, 0.3) is 0 Å². The summed E-state index contributed by atoms with van der Waals surface area (Å²) in [6, 6.07) is 50.1. The summed E-state index contributed by atoms with van der Waals surface area (Å²) in [5.74, 6) is 0. The molecule has 8 aromatic rings. The standard InChI is InChI=1S/C36H24N2S/c1-3-11-25(12-4-1)38(26-13-5-2-6-14-26)27-22-31(36-32(23-27)28-15-7-9-17-33(28)37-36)24-19-20-30-29-16-8-10-18-34(29)39-35(30)21-24/h1-23,37H. The average Bonchev–Trinajstić information content (AvgIpc) is 3.56. The van der Waals surface area contributed by atoms with Crippen molar-refractivity contribution in [2.24, 2.45) is 0 Å². The van der Waals surface area contributed by atoms with Crippen LogP contribution in [0.3, 0.4) is 0 Å². The van der Waals surface area contributed by atoms with Crippen molar-refractivity contribution in [2.75, 3.05) is 4.90 Å². The molecular formula is C36H24N2S. The lowest BCUT2D eigenvalue weighted by atomic mass is 9.99. The van der Waals surface area contributed by atoms with E-state index in [4.69, 9.17) is 0 Å². The van der Waals surface area contributed by atoms with Gasteiger partial charge in [0, 0.05) is 59.1 Å². The van der Waals surface area contributed by atoms with Crippen molar-refractivity contribution in [1.29, 1.82) is 0 Å². The van der Waals surface area contributed by atoms with Crippen LogP contribution in [-0.4, -0.2) is 4.98 Å². The van der Waals surface area contributed by atoms with Crippen LogP contribution in [0.4, 0.5) is 17.1 Å². The molecule has 6 aromatic carbocycles. The largest absolute Gasteiger partial charge is 0.354 e. The second kappa shape index (κ2) is 8.87. The third kappa shape index (κ3) is 3.63. The summed E-state index contributed by atoms with van der Waals surface area (Å²) in [7, 11) is 0. The van der Waals surface area contributed by atoms with Crippen LogP contribution < -0.4 is 4.90 Å². The fraction of sp³-hybridized carbons (Fsp3) is 0. The van der Waals surface area contributed by atoms with E-state index in [-0.39, 0.29) is 0 Å². The zero-order valence-corrected chi connectivity index (χ0v) is 22.0. The first-order chi connectivity index (χ1) is 19.3. The summed E-state index contributed by atoms with van der Waals surface area (Å²) in [5.41, 5.74) is 8.14. The molecule has 0 unspecified atom stereocenters.